The molecule has 0 bridgehead atoms. The van der Waals surface area contributed by atoms with Gasteiger partial charge in [0.05, 0.1) is 0 Å². The van der Waals surface area contributed by atoms with Gasteiger partial charge < -0.3 is 5.11 Å². The van der Waals surface area contributed by atoms with Crippen LogP contribution in [0.1, 0.15) is 20.8 Å². The Morgan fingerprint density at radius 2 is 1.00 bits per heavy atom. The van der Waals surface area contributed by atoms with E-state index in [0.29, 0.717) is 20.8 Å². The van der Waals surface area contributed by atoms with Gasteiger partial charge in [-0.1, -0.05) is 20.8 Å². The second-order valence-electron chi connectivity index (χ2n) is 3.94. The number of hydrogen-bond donors (Lipinski definition) is 1. The molecular formula is C7H10F6O. The highest BCUT2D eigenvalue weighted by Gasteiger charge is 2.75. The number of hydrogen-bond acceptors (Lipinski definition) is 1. The van der Waals surface area contributed by atoms with Gasteiger partial charge in [0, 0.05) is 5.41 Å². The third kappa shape index (κ3) is 1.82. The highest BCUT2D eigenvalue weighted by Crippen LogP contribution is 2.52. The van der Waals surface area contributed by atoms with Crippen molar-refractivity contribution in [3.63, 3.8) is 0 Å². The molecule has 0 amide bonds. The van der Waals surface area contributed by atoms with Crippen LogP contribution in [0.15, 0.2) is 0 Å². The van der Waals surface area contributed by atoms with Crippen molar-refractivity contribution in [2.45, 2.75) is 38.7 Å². The van der Waals surface area contributed by atoms with Crippen LogP contribution in [0, 0.1) is 5.41 Å². The maximum atomic E-state index is 12.8. The average Bonchev–Trinajstić information content (AvgIpc) is 1.81. The van der Waals surface area contributed by atoms with Gasteiger partial charge in [-0.25, -0.2) is 0 Å². The molecule has 0 saturated heterocycles. The summed E-state index contributed by atoms with van der Waals surface area (Å²) in [5.41, 5.74) is -2.39. The Bertz CT molecular complexity index is 187. The van der Waals surface area contributed by atoms with Crippen LogP contribution in [0.25, 0.3) is 0 Å². The van der Waals surface area contributed by atoms with E-state index in [9.17, 15) is 26.3 Å². The molecule has 1 nitrogen and oxygen atoms in total. The van der Waals surface area contributed by atoms with Crippen molar-refractivity contribution in [2.75, 3.05) is 0 Å². The molecule has 0 radical (unpaired) electrons. The van der Waals surface area contributed by atoms with Crippen molar-refractivity contribution in [3.05, 3.63) is 0 Å². The molecule has 0 atom stereocenters. The summed E-state index contributed by atoms with van der Waals surface area (Å²) < 4.78 is 74.2. The minimum absolute atomic E-state index is 0.673. The Hall–Kier alpha value is -0.460. The first-order valence-electron chi connectivity index (χ1n) is 3.61. The Morgan fingerprint density at radius 3 is 1.07 bits per heavy atom. The lowest BCUT2D eigenvalue weighted by atomic mass is 9.83. The van der Waals surface area contributed by atoms with Crippen LogP contribution in [0.4, 0.5) is 26.3 Å². The summed E-state index contributed by atoms with van der Waals surface area (Å²) in [6.07, 6.45) is -5.75. The Balaban J connectivity index is 5.30. The zero-order chi connectivity index (χ0) is 12.0. The van der Waals surface area contributed by atoms with Crippen molar-refractivity contribution in [1.82, 2.24) is 0 Å². The number of halogens is 6. The second kappa shape index (κ2) is 3.01. The highest BCUT2D eigenvalue weighted by atomic mass is 19.3. The second-order valence-corrected chi connectivity index (χ2v) is 3.94. The van der Waals surface area contributed by atoms with E-state index in [2.05, 4.69) is 0 Å². The summed E-state index contributed by atoms with van der Waals surface area (Å²) in [6.45, 7) is 2.02. The molecule has 0 aromatic rings. The van der Waals surface area contributed by atoms with Gasteiger partial charge in [0.2, 0.25) is 0 Å². The van der Waals surface area contributed by atoms with Crippen LogP contribution in [0.2, 0.25) is 0 Å². The van der Waals surface area contributed by atoms with Crippen LogP contribution in [-0.2, 0) is 0 Å². The summed E-state index contributed by atoms with van der Waals surface area (Å²) >= 11 is 0. The van der Waals surface area contributed by atoms with Gasteiger partial charge in [-0.15, -0.1) is 0 Å². The molecule has 86 valence electrons. The minimum atomic E-state index is -5.79. The van der Waals surface area contributed by atoms with E-state index in [0.717, 1.165) is 0 Å². The highest BCUT2D eigenvalue weighted by molar-refractivity contribution is 4.97. The van der Waals surface area contributed by atoms with Crippen molar-refractivity contribution >= 4 is 0 Å². The molecule has 0 unspecified atom stereocenters. The number of aliphatic hydroxyl groups is 1. The molecule has 0 heterocycles. The van der Waals surface area contributed by atoms with Gasteiger partial charge >= 0.3 is 18.0 Å². The molecule has 0 fully saturated rings. The first kappa shape index (κ1) is 13.5. The average molecular weight is 224 g/mol. The van der Waals surface area contributed by atoms with E-state index in [-0.39, 0.29) is 0 Å². The van der Waals surface area contributed by atoms with E-state index in [1.807, 2.05) is 0 Å². The zero-order valence-electron chi connectivity index (χ0n) is 7.72. The summed E-state index contributed by atoms with van der Waals surface area (Å²) in [5.74, 6) is -10.8. The zero-order valence-corrected chi connectivity index (χ0v) is 7.72. The topological polar surface area (TPSA) is 20.2 Å². The first-order chi connectivity index (χ1) is 5.75. The molecule has 0 saturated carbocycles. The third-order valence-electron chi connectivity index (χ3n) is 1.71. The lowest BCUT2D eigenvalue weighted by molar-refractivity contribution is -0.400. The fourth-order valence-electron chi connectivity index (χ4n) is 0.660. The van der Waals surface area contributed by atoms with E-state index in [4.69, 9.17) is 5.11 Å². The SMILES string of the molecule is CC(C)(C)C(F)(F)C(F)(F)C(O)(F)F. The smallest absolute Gasteiger partial charge is 0.331 e. The largest absolute Gasteiger partial charge is 0.423 e. The fourth-order valence-corrected chi connectivity index (χ4v) is 0.660. The first-order valence-corrected chi connectivity index (χ1v) is 3.61. The van der Waals surface area contributed by atoms with E-state index in [1.165, 1.54) is 0 Å². The summed E-state index contributed by atoms with van der Waals surface area (Å²) in [5, 5.41) is 7.68. The maximum Gasteiger partial charge on any atom is 0.423 e. The van der Waals surface area contributed by atoms with Gasteiger partial charge in [0.25, 0.3) is 0 Å². The molecule has 0 aliphatic carbocycles. The molecule has 7 heteroatoms. The Labute approximate surface area is 76.7 Å². The van der Waals surface area contributed by atoms with E-state index in [1.54, 1.807) is 0 Å². The van der Waals surface area contributed by atoms with Gasteiger partial charge in [-0.3, -0.25) is 0 Å². The van der Waals surface area contributed by atoms with Gasteiger partial charge in [-0.2, -0.15) is 26.3 Å². The summed E-state index contributed by atoms with van der Waals surface area (Å²) in [4.78, 5) is 0. The lowest BCUT2D eigenvalue weighted by Crippen LogP contribution is -2.59. The molecule has 0 rings (SSSR count). The van der Waals surface area contributed by atoms with E-state index < -0.39 is 23.4 Å². The van der Waals surface area contributed by atoms with Crippen molar-refractivity contribution < 1.29 is 31.4 Å². The summed E-state index contributed by atoms with van der Waals surface area (Å²) in [7, 11) is 0. The lowest BCUT2D eigenvalue weighted by Gasteiger charge is -2.37. The Kier molecular flexibility index (Phi) is 2.91. The van der Waals surface area contributed by atoms with Crippen LogP contribution in [0.3, 0.4) is 0 Å². The predicted octanol–water partition coefficient (Wildman–Crippen LogP) is 2.89. The number of rotatable bonds is 2. The van der Waals surface area contributed by atoms with Gasteiger partial charge in [-0.05, 0) is 0 Å². The van der Waals surface area contributed by atoms with Crippen molar-refractivity contribution in [3.8, 4) is 0 Å². The standard InChI is InChI=1S/C7H10F6O/c1-4(2,3)5(8,9)6(10,11)7(12,13)14/h14H,1-3H3. The molecule has 0 aromatic carbocycles. The van der Waals surface area contributed by atoms with Gasteiger partial charge in [0.1, 0.15) is 0 Å². The molecule has 0 aliphatic heterocycles. The van der Waals surface area contributed by atoms with Gasteiger partial charge in [0.15, 0.2) is 0 Å². The molecule has 14 heavy (non-hydrogen) atoms. The molecule has 0 spiro atoms. The Morgan fingerprint density at radius 1 is 0.714 bits per heavy atom. The van der Waals surface area contributed by atoms with Crippen LogP contribution >= 0.6 is 0 Å². The van der Waals surface area contributed by atoms with Crippen LogP contribution < -0.4 is 0 Å². The van der Waals surface area contributed by atoms with Crippen LogP contribution in [0.5, 0.6) is 0 Å². The fraction of sp³-hybridized carbons (Fsp3) is 1.00. The quantitative estimate of drug-likeness (QED) is 0.715. The van der Waals surface area contributed by atoms with Crippen molar-refractivity contribution in [2.24, 2.45) is 5.41 Å². The van der Waals surface area contributed by atoms with Crippen molar-refractivity contribution in [1.29, 1.82) is 0 Å². The predicted molar refractivity (Wildman–Crippen MR) is 36.5 cm³/mol. The molecule has 0 aliphatic rings. The van der Waals surface area contributed by atoms with Crippen LogP contribution in [-0.4, -0.2) is 23.1 Å². The third-order valence-corrected chi connectivity index (χ3v) is 1.71. The molecular weight excluding hydrogens is 214 g/mol. The maximum absolute atomic E-state index is 12.8. The molecule has 0 aromatic heterocycles. The number of alkyl halides is 6. The molecule has 1 N–H and O–H groups in total. The summed E-state index contributed by atoms with van der Waals surface area (Å²) in [6, 6.07) is 0. The minimum Gasteiger partial charge on any atom is -0.331 e. The monoisotopic (exact) mass is 224 g/mol. The van der Waals surface area contributed by atoms with E-state index >= 15 is 0 Å². The normalized spacial score (nSPS) is 15.9.